The number of amides is 1. The molecule has 0 aliphatic heterocycles. The second-order valence-corrected chi connectivity index (χ2v) is 3.63. The van der Waals surface area contributed by atoms with E-state index in [0.717, 1.165) is 13.1 Å². The summed E-state index contributed by atoms with van der Waals surface area (Å²) >= 11 is 0. The van der Waals surface area contributed by atoms with Crippen LogP contribution >= 0.6 is 0 Å². The zero-order chi connectivity index (χ0) is 13.5. The molecule has 7 heteroatoms. The summed E-state index contributed by atoms with van der Waals surface area (Å²) in [7, 11) is 0. The lowest BCUT2D eigenvalue weighted by molar-refractivity contribution is -0.384. The Morgan fingerprint density at radius 2 is 2.17 bits per heavy atom. The number of nitrogens with zero attached hydrogens (tertiary/aromatic N) is 1. The molecule has 1 aromatic rings. The molecular weight excluding hydrogens is 236 g/mol. The maximum Gasteiger partial charge on any atom is 0.270 e. The molecular formula is C11H16N4O3. The van der Waals surface area contributed by atoms with Gasteiger partial charge in [0.15, 0.2) is 0 Å². The quantitative estimate of drug-likeness (QED) is 0.376. The highest BCUT2D eigenvalue weighted by atomic mass is 16.6. The fourth-order valence-electron chi connectivity index (χ4n) is 1.47. The van der Waals surface area contributed by atoms with E-state index in [1.165, 1.54) is 18.2 Å². The van der Waals surface area contributed by atoms with Crippen LogP contribution in [0.4, 0.5) is 11.4 Å². The number of nitrogens with two attached hydrogens (primary N) is 1. The zero-order valence-electron chi connectivity index (χ0n) is 10.1. The lowest BCUT2D eigenvalue weighted by Gasteiger charge is -2.10. The number of carbonyl (C=O) groups is 1. The van der Waals surface area contributed by atoms with Crippen molar-refractivity contribution in [2.75, 3.05) is 25.0 Å². The minimum atomic E-state index is -0.690. The normalized spacial score (nSPS) is 10.1. The molecule has 0 saturated carbocycles. The summed E-state index contributed by atoms with van der Waals surface area (Å²) in [5.74, 6) is -0.690. The molecule has 0 aliphatic carbocycles. The van der Waals surface area contributed by atoms with Crippen LogP contribution < -0.4 is 16.4 Å². The Kier molecular flexibility index (Phi) is 5.06. The molecule has 0 saturated heterocycles. The third-order valence-electron chi connectivity index (χ3n) is 2.35. The number of hydrogen-bond donors (Lipinski definition) is 3. The molecule has 4 N–H and O–H groups in total. The van der Waals surface area contributed by atoms with E-state index in [1.54, 1.807) is 0 Å². The van der Waals surface area contributed by atoms with Gasteiger partial charge in [-0.15, -0.1) is 0 Å². The molecule has 0 fully saturated rings. The zero-order valence-corrected chi connectivity index (χ0v) is 10.1. The Labute approximate surface area is 105 Å². The van der Waals surface area contributed by atoms with Crippen LogP contribution in [0.25, 0.3) is 0 Å². The van der Waals surface area contributed by atoms with Crippen molar-refractivity contribution in [3.8, 4) is 0 Å². The summed E-state index contributed by atoms with van der Waals surface area (Å²) in [4.78, 5) is 21.3. The van der Waals surface area contributed by atoms with Crippen LogP contribution in [0.15, 0.2) is 18.2 Å². The highest BCUT2D eigenvalue weighted by Crippen LogP contribution is 2.21. The Hall–Kier alpha value is -2.15. The van der Waals surface area contributed by atoms with Gasteiger partial charge in [-0.1, -0.05) is 6.92 Å². The SMILES string of the molecule is CCNCCNc1ccc([N+](=O)[O-])cc1C(N)=O. The van der Waals surface area contributed by atoms with Gasteiger partial charge in [0.2, 0.25) is 0 Å². The number of likely N-dealkylation sites (N-methyl/N-ethyl adjacent to an activating group) is 1. The van der Waals surface area contributed by atoms with E-state index in [9.17, 15) is 14.9 Å². The Morgan fingerprint density at radius 3 is 2.72 bits per heavy atom. The van der Waals surface area contributed by atoms with Crippen LogP contribution in [0, 0.1) is 10.1 Å². The van der Waals surface area contributed by atoms with Crippen LogP contribution in [0.5, 0.6) is 0 Å². The van der Waals surface area contributed by atoms with E-state index in [1.807, 2.05) is 6.92 Å². The predicted octanol–water partition coefficient (Wildman–Crippen LogP) is 0.715. The fourth-order valence-corrected chi connectivity index (χ4v) is 1.47. The van der Waals surface area contributed by atoms with E-state index in [0.29, 0.717) is 12.2 Å². The minimum Gasteiger partial charge on any atom is -0.383 e. The first-order chi connectivity index (χ1) is 8.56. The number of primary amides is 1. The van der Waals surface area contributed by atoms with Crippen LogP contribution in [-0.2, 0) is 0 Å². The monoisotopic (exact) mass is 252 g/mol. The number of non-ortho nitro benzene ring substituents is 1. The summed E-state index contributed by atoms with van der Waals surface area (Å²) in [6.45, 7) is 4.17. The molecule has 0 bridgehead atoms. The predicted molar refractivity (Wildman–Crippen MR) is 68.6 cm³/mol. The second kappa shape index (κ2) is 6.55. The molecule has 0 radical (unpaired) electrons. The molecule has 0 unspecified atom stereocenters. The van der Waals surface area contributed by atoms with Crippen molar-refractivity contribution in [2.45, 2.75) is 6.92 Å². The number of nitro benzene ring substituents is 1. The number of carbonyl (C=O) groups excluding carboxylic acids is 1. The van der Waals surface area contributed by atoms with Gasteiger partial charge in [-0.25, -0.2) is 0 Å². The molecule has 0 atom stereocenters. The minimum absolute atomic E-state index is 0.126. The van der Waals surface area contributed by atoms with Gasteiger partial charge in [-0.3, -0.25) is 14.9 Å². The topological polar surface area (TPSA) is 110 Å². The van der Waals surface area contributed by atoms with Gasteiger partial charge in [0.1, 0.15) is 0 Å². The molecule has 7 nitrogen and oxygen atoms in total. The second-order valence-electron chi connectivity index (χ2n) is 3.63. The van der Waals surface area contributed by atoms with Crippen molar-refractivity contribution in [2.24, 2.45) is 5.73 Å². The van der Waals surface area contributed by atoms with E-state index >= 15 is 0 Å². The van der Waals surface area contributed by atoms with Crippen molar-refractivity contribution < 1.29 is 9.72 Å². The summed E-state index contributed by atoms with van der Waals surface area (Å²) in [6, 6.07) is 4.00. The number of hydrogen-bond acceptors (Lipinski definition) is 5. The van der Waals surface area contributed by atoms with Gasteiger partial charge in [0, 0.05) is 30.9 Å². The van der Waals surface area contributed by atoms with Crippen molar-refractivity contribution in [1.29, 1.82) is 0 Å². The molecule has 98 valence electrons. The number of anilines is 1. The molecule has 1 amide bonds. The average molecular weight is 252 g/mol. The number of rotatable bonds is 7. The van der Waals surface area contributed by atoms with Gasteiger partial charge in [0.25, 0.3) is 11.6 Å². The summed E-state index contributed by atoms with van der Waals surface area (Å²) in [5, 5.41) is 16.7. The van der Waals surface area contributed by atoms with Gasteiger partial charge in [0.05, 0.1) is 10.5 Å². The molecule has 18 heavy (non-hydrogen) atoms. The first-order valence-electron chi connectivity index (χ1n) is 5.59. The van der Waals surface area contributed by atoms with Crippen LogP contribution in [-0.4, -0.2) is 30.5 Å². The number of benzene rings is 1. The van der Waals surface area contributed by atoms with Gasteiger partial charge < -0.3 is 16.4 Å². The van der Waals surface area contributed by atoms with Gasteiger partial charge in [-0.05, 0) is 12.6 Å². The number of nitro groups is 1. The maximum atomic E-state index is 11.2. The highest BCUT2D eigenvalue weighted by molar-refractivity contribution is 5.99. The van der Waals surface area contributed by atoms with E-state index < -0.39 is 10.8 Å². The number of nitrogens with one attached hydrogen (secondary N) is 2. The van der Waals surface area contributed by atoms with Crippen LogP contribution in [0.1, 0.15) is 17.3 Å². The maximum absolute atomic E-state index is 11.2. The molecule has 0 spiro atoms. The first kappa shape index (κ1) is 13.9. The van der Waals surface area contributed by atoms with Crippen LogP contribution in [0.2, 0.25) is 0 Å². The van der Waals surface area contributed by atoms with Crippen molar-refractivity contribution in [3.63, 3.8) is 0 Å². The van der Waals surface area contributed by atoms with Crippen LogP contribution in [0.3, 0.4) is 0 Å². The molecule has 0 aliphatic rings. The van der Waals surface area contributed by atoms with E-state index in [2.05, 4.69) is 10.6 Å². The largest absolute Gasteiger partial charge is 0.383 e. The first-order valence-corrected chi connectivity index (χ1v) is 5.59. The van der Waals surface area contributed by atoms with Crippen molar-refractivity contribution >= 4 is 17.3 Å². The van der Waals surface area contributed by atoms with Crippen molar-refractivity contribution in [3.05, 3.63) is 33.9 Å². The van der Waals surface area contributed by atoms with Gasteiger partial charge in [-0.2, -0.15) is 0 Å². The lowest BCUT2D eigenvalue weighted by atomic mass is 10.1. The Balaban J connectivity index is 2.83. The smallest absolute Gasteiger partial charge is 0.270 e. The van der Waals surface area contributed by atoms with E-state index in [4.69, 9.17) is 5.73 Å². The molecule has 0 heterocycles. The third kappa shape index (κ3) is 3.70. The van der Waals surface area contributed by atoms with E-state index in [-0.39, 0.29) is 11.3 Å². The third-order valence-corrected chi connectivity index (χ3v) is 2.35. The highest BCUT2D eigenvalue weighted by Gasteiger charge is 2.14. The average Bonchev–Trinajstić information content (AvgIpc) is 2.34. The van der Waals surface area contributed by atoms with Gasteiger partial charge >= 0.3 is 0 Å². The standard InChI is InChI=1S/C11H16N4O3/c1-2-13-5-6-14-10-4-3-8(15(17)18)7-9(10)11(12)16/h3-4,7,13-14H,2,5-6H2,1H3,(H2,12,16). The molecule has 1 aromatic carbocycles. The molecule has 1 rings (SSSR count). The van der Waals surface area contributed by atoms with Crippen molar-refractivity contribution in [1.82, 2.24) is 5.32 Å². The summed E-state index contributed by atoms with van der Waals surface area (Å²) in [5.41, 5.74) is 5.68. The Bertz CT molecular complexity index is 448. The fraction of sp³-hybridized carbons (Fsp3) is 0.364. The molecule has 0 aromatic heterocycles. The lowest BCUT2D eigenvalue weighted by Crippen LogP contribution is -2.23. The Morgan fingerprint density at radius 1 is 1.44 bits per heavy atom. The summed E-state index contributed by atoms with van der Waals surface area (Å²) in [6.07, 6.45) is 0. The summed E-state index contributed by atoms with van der Waals surface area (Å²) < 4.78 is 0.